The Morgan fingerprint density at radius 1 is 1.67 bits per heavy atom. The Labute approximate surface area is 76.8 Å². The summed E-state index contributed by atoms with van der Waals surface area (Å²) in [6.07, 6.45) is 4.02. The highest BCUT2D eigenvalue weighted by Crippen LogP contribution is 2.38. The Morgan fingerprint density at radius 3 is 2.83 bits per heavy atom. The molecule has 2 rings (SSSR count). The van der Waals surface area contributed by atoms with Crippen LogP contribution in [0, 0.1) is 0 Å². The van der Waals surface area contributed by atoms with Gasteiger partial charge in [-0.25, -0.2) is 4.98 Å². The number of nitrogens with two attached hydrogens (primary N) is 1. The molecule has 2 nitrogen and oxygen atoms in total. The van der Waals surface area contributed by atoms with Gasteiger partial charge in [0.2, 0.25) is 0 Å². The van der Waals surface area contributed by atoms with E-state index in [0.717, 1.165) is 11.6 Å². The fourth-order valence-electron chi connectivity index (χ4n) is 1.35. The largest absolute Gasteiger partial charge is 0.323 e. The minimum atomic E-state index is 0.0927. The minimum Gasteiger partial charge on any atom is -0.323 e. The van der Waals surface area contributed by atoms with E-state index in [9.17, 15) is 0 Å². The molecular weight excluding hydrogens is 168 g/mol. The molecule has 1 saturated carbocycles. The summed E-state index contributed by atoms with van der Waals surface area (Å²) in [4.78, 5) is 4.53. The molecule has 1 atom stereocenters. The van der Waals surface area contributed by atoms with Crippen LogP contribution < -0.4 is 5.73 Å². The van der Waals surface area contributed by atoms with Crippen molar-refractivity contribution in [2.45, 2.75) is 38.1 Å². The highest BCUT2D eigenvalue weighted by molar-refractivity contribution is 7.09. The van der Waals surface area contributed by atoms with Crippen LogP contribution in [0.4, 0.5) is 0 Å². The topological polar surface area (TPSA) is 38.9 Å². The summed E-state index contributed by atoms with van der Waals surface area (Å²) in [6, 6.07) is 0.0927. The van der Waals surface area contributed by atoms with Crippen LogP contribution in [0.15, 0.2) is 5.38 Å². The van der Waals surface area contributed by atoms with E-state index in [-0.39, 0.29) is 6.04 Å². The Balaban J connectivity index is 2.12. The standard InChI is InChI=1S/C9H14N2S/c1-6(10)8-5-12-9(11-8)7-3-2-4-7/h5-7H,2-4,10H2,1H3. The van der Waals surface area contributed by atoms with Gasteiger partial charge in [-0.05, 0) is 19.8 Å². The molecule has 66 valence electrons. The zero-order chi connectivity index (χ0) is 8.55. The number of rotatable bonds is 2. The predicted molar refractivity (Wildman–Crippen MR) is 51.3 cm³/mol. The van der Waals surface area contributed by atoms with Gasteiger partial charge >= 0.3 is 0 Å². The van der Waals surface area contributed by atoms with Crippen molar-refractivity contribution < 1.29 is 0 Å². The summed E-state index contributed by atoms with van der Waals surface area (Å²) < 4.78 is 0. The number of hydrogen-bond acceptors (Lipinski definition) is 3. The molecule has 0 spiro atoms. The lowest BCUT2D eigenvalue weighted by Crippen LogP contribution is -2.10. The highest BCUT2D eigenvalue weighted by Gasteiger charge is 2.22. The molecule has 1 aliphatic carbocycles. The van der Waals surface area contributed by atoms with Crippen molar-refractivity contribution in [3.05, 3.63) is 16.1 Å². The van der Waals surface area contributed by atoms with Gasteiger partial charge in [0.25, 0.3) is 0 Å². The van der Waals surface area contributed by atoms with Gasteiger partial charge in [0, 0.05) is 17.3 Å². The predicted octanol–water partition coefficient (Wildman–Crippen LogP) is 2.43. The molecular formula is C9H14N2S. The average molecular weight is 182 g/mol. The van der Waals surface area contributed by atoms with Crippen LogP contribution in [0.1, 0.15) is 48.8 Å². The molecule has 3 heteroatoms. The van der Waals surface area contributed by atoms with Crippen molar-refractivity contribution in [2.24, 2.45) is 5.73 Å². The molecule has 1 aromatic heterocycles. The summed E-state index contributed by atoms with van der Waals surface area (Å²) in [7, 11) is 0. The third-order valence-electron chi connectivity index (χ3n) is 2.46. The van der Waals surface area contributed by atoms with E-state index in [1.807, 2.05) is 6.92 Å². The van der Waals surface area contributed by atoms with Crippen LogP contribution in [0.5, 0.6) is 0 Å². The van der Waals surface area contributed by atoms with Crippen LogP contribution >= 0.6 is 11.3 Å². The van der Waals surface area contributed by atoms with Crippen LogP contribution in [0.25, 0.3) is 0 Å². The maximum absolute atomic E-state index is 5.73. The molecule has 12 heavy (non-hydrogen) atoms. The van der Waals surface area contributed by atoms with Crippen LogP contribution in [0.3, 0.4) is 0 Å². The van der Waals surface area contributed by atoms with Gasteiger partial charge in [0.15, 0.2) is 0 Å². The van der Waals surface area contributed by atoms with Crippen molar-refractivity contribution >= 4 is 11.3 Å². The fraction of sp³-hybridized carbons (Fsp3) is 0.667. The first-order valence-corrected chi connectivity index (χ1v) is 5.36. The zero-order valence-electron chi connectivity index (χ0n) is 7.29. The second-order valence-electron chi connectivity index (χ2n) is 3.53. The molecule has 0 aromatic carbocycles. The second-order valence-corrected chi connectivity index (χ2v) is 4.42. The Bertz CT molecular complexity index is 263. The van der Waals surface area contributed by atoms with Crippen molar-refractivity contribution in [3.63, 3.8) is 0 Å². The monoisotopic (exact) mass is 182 g/mol. The smallest absolute Gasteiger partial charge is 0.0959 e. The molecule has 0 saturated heterocycles. The van der Waals surface area contributed by atoms with Gasteiger partial charge in [-0.15, -0.1) is 11.3 Å². The summed E-state index contributed by atoms with van der Waals surface area (Å²) >= 11 is 1.77. The number of thiazole rings is 1. The summed E-state index contributed by atoms with van der Waals surface area (Å²) in [5.41, 5.74) is 6.79. The Kier molecular flexibility index (Phi) is 2.15. The number of nitrogens with zero attached hydrogens (tertiary/aromatic N) is 1. The van der Waals surface area contributed by atoms with E-state index >= 15 is 0 Å². The van der Waals surface area contributed by atoms with E-state index < -0.39 is 0 Å². The van der Waals surface area contributed by atoms with E-state index in [1.54, 1.807) is 11.3 Å². The maximum atomic E-state index is 5.73. The fourth-order valence-corrected chi connectivity index (χ4v) is 2.45. The van der Waals surface area contributed by atoms with Gasteiger partial charge < -0.3 is 5.73 Å². The lowest BCUT2D eigenvalue weighted by molar-refractivity contribution is 0.417. The van der Waals surface area contributed by atoms with Crippen LogP contribution in [-0.4, -0.2) is 4.98 Å². The number of hydrogen-bond donors (Lipinski definition) is 1. The van der Waals surface area contributed by atoms with E-state index in [1.165, 1.54) is 24.3 Å². The van der Waals surface area contributed by atoms with Gasteiger partial charge in [0.05, 0.1) is 10.7 Å². The van der Waals surface area contributed by atoms with E-state index in [0.29, 0.717) is 0 Å². The summed E-state index contributed by atoms with van der Waals surface area (Å²) in [6.45, 7) is 1.99. The molecule has 2 N–H and O–H groups in total. The zero-order valence-corrected chi connectivity index (χ0v) is 8.10. The maximum Gasteiger partial charge on any atom is 0.0959 e. The van der Waals surface area contributed by atoms with Crippen molar-refractivity contribution in [3.8, 4) is 0 Å². The molecule has 1 aromatic rings. The molecule has 0 aliphatic heterocycles. The first-order valence-electron chi connectivity index (χ1n) is 4.48. The van der Waals surface area contributed by atoms with Crippen LogP contribution in [-0.2, 0) is 0 Å². The molecule has 0 amide bonds. The first kappa shape index (κ1) is 8.20. The van der Waals surface area contributed by atoms with Crippen LogP contribution in [0.2, 0.25) is 0 Å². The molecule has 1 heterocycles. The molecule has 1 unspecified atom stereocenters. The van der Waals surface area contributed by atoms with Crippen molar-refractivity contribution in [2.75, 3.05) is 0 Å². The third-order valence-corrected chi connectivity index (χ3v) is 3.49. The van der Waals surface area contributed by atoms with Gasteiger partial charge in [-0.3, -0.25) is 0 Å². The minimum absolute atomic E-state index is 0.0927. The SMILES string of the molecule is CC(N)c1csc(C2CCC2)n1. The number of aromatic nitrogens is 1. The first-order chi connectivity index (χ1) is 5.77. The third kappa shape index (κ3) is 1.39. The molecule has 0 bridgehead atoms. The normalized spacial score (nSPS) is 20.5. The van der Waals surface area contributed by atoms with Gasteiger partial charge in [0.1, 0.15) is 0 Å². The summed E-state index contributed by atoms with van der Waals surface area (Å²) in [5, 5.41) is 3.40. The van der Waals surface area contributed by atoms with E-state index in [2.05, 4.69) is 10.4 Å². The molecule has 1 fully saturated rings. The van der Waals surface area contributed by atoms with Crippen molar-refractivity contribution in [1.82, 2.24) is 4.98 Å². The van der Waals surface area contributed by atoms with Crippen molar-refractivity contribution in [1.29, 1.82) is 0 Å². The summed E-state index contributed by atoms with van der Waals surface area (Å²) in [5.74, 6) is 0.752. The Morgan fingerprint density at radius 2 is 2.42 bits per heavy atom. The quantitative estimate of drug-likeness (QED) is 0.763. The molecule has 1 aliphatic rings. The molecule has 0 radical (unpaired) electrons. The van der Waals surface area contributed by atoms with E-state index in [4.69, 9.17) is 5.73 Å². The Hall–Kier alpha value is -0.410. The second kappa shape index (κ2) is 3.15. The average Bonchev–Trinajstić information content (AvgIpc) is 2.32. The highest BCUT2D eigenvalue weighted by atomic mass is 32.1. The van der Waals surface area contributed by atoms with Gasteiger partial charge in [-0.2, -0.15) is 0 Å². The lowest BCUT2D eigenvalue weighted by atomic mass is 9.86. The lowest BCUT2D eigenvalue weighted by Gasteiger charge is -2.22. The van der Waals surface area contributed by atoms with Gasteiger partial charge in [-0.1, -0.05) is 6.42 Å².